The van der Waals surface area contributed by atoms with Crippen LogP contribution in [0, 0.1) is 0 Å². The molecule has 0 saturated carbocycles. The van der Waals surface area contributed by atoms with Crippen molar-refractivity contribution in [3.05, 3.63) is 72.3 Å². The van der Waals surface area contributed by atoms with Crippen LogP contribution in [0.2, 0.25) is 0 Å². The first-order chi connectivity index (χ1) is 17.6. The maximum atomic E-state index is 13.5. The van der Waals surface area contributed by atoms with Crippen molar-refractivity contribution >= 4 is 56.8 Å². The highest BCUT2D eigenvalue weighted by atomic mass is 32.2. The number of anilines is 1. The quantitative estimate of drug-likeness (QED) is 0.356. The Labute approximate surface area is 220 Å². The van der Waals surface area contributed by atoms with Crippen LogP contribution in [0.15, 0.2) is 71.6 Å². The fourth-order valence-corrected chi connectivity index (χ4v) is 6.51. The van der Waals surface area contributed by atoms with E-state index >= 15 is 0 Å². The Kier molecular flexibility index (Phi) is 7.98. The van der Waals surface area contributed by atoms with E-state index in [2.05, 4.69) is 17.9 Å². The fourth-order valence-electron chi connectivity index (χ4n) is 4.33. The molecule has 3 aromatic rings. The number of carboxylic acids is 1. The van der Waals surface area contributed by atoms with E-state index in [9.17, 15) is 22.8 Å². The van der Waals surface area contributed by atoms with Crippen molar-refractivity contribution in [1.29, 1.82) is 0 Å². The molecule has 1 aliphatic rings. The maximum absolute atomic E-state index is 13.5. The molecule has 2 unspecified atom stereocenters. The molecule has 0 aliphatic carbocycles. The van der Waals surface area contributed by atoms with Crippen LogP contribution in [0.3, 0.4) is 0 Å². The summed E-state index contributed by atoms with van der Waals surface area (Å²) in [7, 11) is -2.44. The van der Waals surface area contributed by atoms with Crippen molar-refractivity contribution in [3.63, 3.8) is 0 Å². The smallest absolute Gasteiger partial charge is 0.335 e. The van der Waals surface area contributed by atoms with E-state index in [4.69, 9.17) is 5.11 Å². The number of carbonyl (C=O) groups excluding carboxylic acids is 2. The lowest BCUT2D eigenvalue weighted by Gasteiger charge is -2.23. The highest BCUT2D eigenvalue weighted by Crippen LogP contribution is 2.30. The minimum absolute atomic E-state index is 0.0514. The summed E-state index contributed by atoms with van der Waals surface area (Å²) in [6, 6.07) is 17.4. The molecule has 0 aromatic heterocycles. The van der Waals surface area contributed by atoms with Gasteiger partial charge in [0.2, 0.25) is 15.9 Å². The molecular formula is C26H27N3O6S2. The van der Waals surface area contributed by atoms with Gasteiger partial charge >= 0.3 is 5.97 Å². The molecule has 2 N–H and O–H groups in total. The molecule has 3 aromatic carbocycles. The zero-order chi connectivity index (χ0) is 26.7. The summed E-state index contributed by atoms with van der Waals surface area (Å²) in [5.41, 5.74) is 0.454. The molecule has 1 amide bonds. The van der Waals surface area contributed by atoms with E-state index in [0.717, 1.165) is 10.8 Å². The zero-order valence-electron chi connectivity index (χ0n) is 20.1. The number of sulfonamides is 1. The first kappa shape index (κ1) is 26.8. The van der Waals surface area contributed by atoms with Crippen molar-refractivity contribution < 1.29 is 27.9 Å². The zero-order valence-corrected chi connectivity index (χ0v) is 21.8. The van der Waals surface area contributed by atoms with Gasteiger partial charge in [-0.1, -0.05) is 36.4 Å². The third-order valence-electron chi connectivity index (χ3n) is 6.36. The normalized spacial score (nSPS) is 18.1. The Morgan fingerprint density at radius 1 is 1.03 bits per heavy atom. The molecule has 37 heavy (non-hydrogen) atoms. The Bertz CT molecular complexity index is 1460. The van der Waals surface area contributed by atoms with E-state index in [-0.39, 0.29) is 53.5 Å². The molecule has 4 rings (SSSR count). The molecule has 1 saturated heterocycles. The standard InChI is InChI=1S/C26H27N3O6S2/c1-28(20-8-4-7-19(11-20)26(32)33)25(31)15-27-14-24(30)23-13-21(36)16-29(23)37(34,35)22-10-9-17-5-2-3-6-18(17)12-22/h2-12,21,23,27,36H,13-16H2,1H3,(H,32,33). The number of ketones is 1. The molecule has 11 heteroatoms. The summed E-state index contributed by atoms with van der Waals surface area (Å²) < 4.78 is 28.1. The summed E-state index contributed by atoms with van der Waals surface area (Å²) in [5.74, 6) is -1.84. The second-order valence-electron chi connectivity index (χ2n) is 8.87. The highest BCUT2D eigenvalue weighted by Gasteiger charge is 2.42. The van der Waals surface area contributed by atoms with Crippen molar-refractivity contribution in [3.8, 4) is 0 Å². The molecule has 194 valence electrons. The number of carboxylic acid groups (broad SMARTS) is 1. The number of nitrogens with zero attached hydrogens (tertiary/aromatic N) is 2. The number of benzene rings is 3. The van der Waals surface area contributed by atoms with Gasteiger partial charge in [-0.05, 0) is 47.5 Å². The van der Waals surface area contributed by atoms with Gasteiger partial charge in [0.25, 0.3) is 0 Å². The molecule has 2 atom stereocenters. The van der Waals surface area contributed by atoms with Crippen LogP contribution in [-0.4, -0.2) is 73.5 Å². The lowest BCUT2D eigenvalue weighted by atomic mass is 10.1. The number of amides is 1. The van der Waals surface area contributed by atoms with E-state index in [1.807, 2.05) is 24.3 Å². The maximum Gasteiger partial charge on any atom is 0.335 e. The molecule has 1 heterocycles. The van der Waals surface area contributed by atoms with Gasteiger partial charge in [0.05, 0.1) is 29.6 Å². The second-order valence-corrected chi connectivity index (χ2v) is 11.5. The van der Waals surface area contributed by atoms with Gasteiger partial charge in [-0.3, -0.25) is 9.59 Å². The lowest BCUT2D eigenvalue weighted by molar-refractivity contribution is -0.121. The van der Waals surface area contributed by atoms with Gasteiger partial charge in [0.15, 0.2) is 5.78 Å². The molecular weight excluding hydrogens is 514 g/mol. The minimum atomic E-state index is -3.95. The molecule has 0 spiro atoms. The summed E-state index contributed by atoms with van der Waals surface area (Å²) in [6.07, 6.45) is 0.270. The molecule has 1 aliphatic heterocycles. The number of nitrogens with one attached hydrogen (secondary N) is 1. The van der Waals surface area contributed by atoms with E-state index in [1.165, 1.54) is 40.5 Å². The van der Waals surface area contributed by atoms with Crippen LogP contribution >= 0.6 is 12.6 Å². The van der Waals surface area contributed by atoms with Gasteiger partial charge < -0.3 is 15.3 Å². The second kappa shape index (κ2) is 11.0. The van der Waals surface area contributed by atoms with Crippen molar-refractivity contribution in [2.24, 2.45) is 0 Å². The van der Waals surface area contributed by atoms with Crippen LogP contribution in [0.4, 0.5) is 5.69 Å². The Morgan fingerprint density at radius 3 is 2.49 bits per heavy atom. The third kappa shape index (κ3) is 5.85. The molecule has 0 radical (unpaired) electrons. The number of hydrogen-bond donors (Lipinski definition) is 3. The van der Waals surface area contributed by atoms with E-state index in [0.29, 0.717) is 5.69 Å². The van der Waals surface area contributed by atoms with Crippen LogP contribution < -0.4 is 10.2 Å². The predicted octanol–water partition coefficient (Wildman–Crippen LogP) is 2.42. The molecule has 1 fully saturated rings. The minimum Gasteiger partial charge on any atom is -0.478 e. The largest absolute Gasteiger partial charge is 0.478 e. The number of carbonyl (C=O) groups is 3. The predicted molar refractivity (Wildman–Crippen MR) is 144 cm³/mol. The average Bonchev–Trinajstić information content (AvgIpc) is 3.30. The SMILES string of the molecule is CN(C(=O)CNCC(=O)C1CC(S)CN1S(=O)(=O)c1ccc2ccccc2c1)c1cccc(C(=O)O)c1. The number of Topliss-reactive ketones (excluding diaryl/α,β-unsaturated/α-hetero) is 1. The van der Waals surface area contributed by atoms with Crippen LogP contribution in [0.1, 0.15) is 16.8 Å². The monoisotopic (exact) mass is 541 g/mol. The Morgan fingerprint density at radius 2 is 1.76 bits per heavy atom. The average molecular weight is 542 g/mol. The van der Waals surface area contributed by atoms with Crippen molar-refractivity contribution in [2.45, 2.75) is 22.6 Å². The number of likely N-dealkylation sites (N-methyl/N-ethyl adjacent to an activating group) is 1. The van der Waals surface area contributed by atoms with Crippen LogP contribution in [0.5, 0.6) is 0 Å². The van der Waals surface area contributed by atoms with Crippen molar-refractivity contribution in [2.75, 3.05) is 31.6 Å². The van der Waals surface area contributed by atoms with Gasteiger partial charge in [-0.2, -0.15) is 16.9 Å². The van der Waals surface area contributed by atoms with Crippen LogP contribution in [0.25, 0.3) is 10.8 Å². The van der Waals surface area contributed by atoms with Gasteiger partial charge in [-0.15, -0.1) is 0 Å². The van der Waals surface area contributed by atoms with Gasteiger partial charge in [-0.25, -0.2) is 13.2 Å². The van der Waals surface area contributed by atoms with Crippen LogP contribution in [-0.2, 0) is 19.6 Å². The number of hydrogen-bond acceptors (Lipinski definition) is 7. The molecule has 9 nitrogen and oxygen atoms in total. The fraction of sp³-hybridized carbons (Fsp3) is 0.269. The summed E-state index contributed by atoms with van der Waals surface area (Å²) in [6.45, 7) is -0.284. The first-order valence-electron chi connectivity index (χ1n) is 11.6. The number of thiol groups is 1. The number of aromatic carboxylic acids is 1. The van der Waals surface area contributed by atoms with Gasteiger partial charge in [0.1, 0.15) is 0 Å². The van der Waals surface area contributed by atoms with Gasteiger partial charge in [0, 0.05) is 24.5 Å². The first-order valence-corrected chi connectivity index (χ1v) is 13.6. The summed E-state index contributed by atoms with van der Waals surface area (Å²) >= 11 is 4.44. The van der Waals surface area contributed by atoms with E-state index < -0.39 is 22.0 Å². The van der Waals surface area contributed by atoms with E-state index in [1.54, 1.807) is 18.2 Å². The summed E-state index contributed by atoms with van der Waals surface area (Å²) in [5, 5.41) is 13.3. The number of rotatable bonds is 9. The lowest BCUT2D eigenvalue weighted by Crippen LogP contribution is -2.45. The number of fused-ring (bicyclic) bond motifs is 1. The Hall–Kier alpha value is -3.25. The highest BCUT2D eigenvalue weighted by molar-refractivity contribution is 7.89. The Balaban J connectivity index is 1.41. The topological polar surface area (TPSA) is 124 Å². The van der Waals surface area contributed by atoms with Crippen molar-refractivity contribution in [1.82, 2.24) is 9.62 Å². The molecule has 0 bridgehead atoms. The summed E-state index contributed by atoms with van der Waals surface area (Å²) in [4.78, 5) is 38.2. The third-order valence-corrected chi connectivity index (χ3v) is 8.61.